The third-order valence-electron chi connectivity index (χ3n) is 4.10. The average Bonchev–Trinajstić information content (AvgIpc) is 2.53. The normalized spacial score (nSPS) is 18.3. The molecule has 0 aliphatic carbocycles. The average molecular weight is 399 g/mol. The fourth-order valence-electron chi connectivity index (χ4n) is 2.89. The highest BCUT2D eigenvalue weighted by Crippen LogP contribution is 2.25. The van der Waals surface area contributed by atoms with Gasteiger partial charge in [0.2, 0.25) is 0 Å². The number of nitrogens with one attached hydrogen (secondary N) is 1. The number of ketones is 1. The number of hydrogen-bond acceptors (Lipinski definition) is 4. The van der Waals surface area contributed by atoms with Crippen LogP contribution in [0.25, 0.3) is 10.9 Å². The van der Waals surface area contributed by atoms with E-state index in [-0.39, 0.29) is 23.9 Å². The molecule has 1 aromatic heterocycles. The number of carbonyl (C=O) groups excluding carboxylic acids is 1. The molecule has 0 spiro atoms. The van der Waals surface area contributed by atoms with Crippen molar-refractivity contribution in [2.24, 2.45) is 0 Å². The number of nitrogens with zero attached hydrogens (tertiary/aromatic N) is 2. The van der Waals surface area contributed by atoms with Crippen molar-refractivity contribution in [2.75, 3.05) is 6.54 Å². The number of hydrogen-bond donors (Lipinski definition) is 1. The number of rotatable bonds is 4. The Morgan fingerprint density at radius 1 is 1.43 bits per heavy atom. The minimum Gasteiger partial charge on any atom is -0.314 e. The van der Waals surface area contributed by atoms with E-state index in [0.717, 1.165) is 25.8 Å². The van der Waals surface area contributed by atoms with E-state index in [9.17, 15) is 9.59 Å². The summed E-state index contributed by atoms with van der Waals surface area (Å²) in [6, 6.07) is 3.52. The van der Waals surface area contributed by atoms with Crippen molar-refractivity contribution < 1.29 is 4.79 Å². The van der Waals surface area contributed by atoms with Crippen LogP contribution in [0.4, 0.5) is 0 Å². The molecule has 3 rings (SSSR count). The first kappa shape index (κ1) is 16.6. The summed E-state index contributed by atoms with van der Waals surface area (Å²) in [5, 5.41) is 4.22. The van der Waals surface area contributed by atoms with Gasteiger partial charge in [-0.2, -0.15) is 0 Å². The summed E-state index contributed by atoms with van der Waals surface area (Å²) >= 11 is 9.36. The van der Waals surface area contributed by atoms with Crippen LogP contribution in [0.5, 0.6) is 0 Å². The highest BCUT2D eigenvalue weighted by molar-refractivity contribution is 9.10. The molecular weight excluding hydrogens is 382 g/mol. The van der Waals surface area contributed by atoms with E-state index in [1.807, 2.05) is 0 Å². The van der Waals surface area contributed by atoms with Gasteiger partial charge in [0.1, 0.15) is 0 Å². The molecule has 1 aliphatic heterocycles. The molecule has 0 unspecified atom stereocenters. The largest absolute Gasteiger partial charge is 0.314 e. The van der Waals surface area contributed by atoms with Crippen LogP contribution >= 0.6 is 27.5 Å². The minimum absolute atomic E-state index is 0.0378. The molecule has 1 aliphatic rings. The molecule has 0 amide bonds. The minimum atomic E-state index is -0.241. The van der Waals surface area contributed by atoms with Crippen LogP contribution < -0.4 is 10.9 Å². The van der Waals surface area contributed by atoms with Gasteiger partial charge in [-0.05, 0) is 47.4 Å². The Morgan fingerprint density at radius 2 is 2.26 bits per heavy atom. The van der Waals surface area contributed by atoms with Crippen molar-refractivity contribution in [2.45, 2.75) is 38.3 Å². The second-order valence-electron chi connectivity index (χ2n) is 5.85. The molecule has 122 valence electrons. The Kier molecular flexibility index (Phi) is 5.14. The van der Waals surface area contributed by atoms with Crippen molar-refractivity contribution in [3.63, 3.8) is 0 Å². The Bertz CT molecular complexity index is 800. The lowest BCUT2D eigenvalue weighted by Crippen LogP contribution is -2.37. The third kappa shape index (κ3) is 3.82. The predicted octanol–water partition coefficient (Wildman–Crippen LogP) is 2.91. The van der Waals surface area contributed by atoms with Crippen molar-refractivity contribution in [3.05, 3.63) is 38.3 Å². The molecule has 2 aromatic rings. The van der Waals surface area contributed by atoms with Crippen LogP contribution in [0, 0.1) is 0 Å². The fraction of sp³-hybridized carbons (Fsp3) is 0.438. The number of fused-ring (bicyclic) bond motifs is 1. The molecule has 0 radical (unpaired) electrons. The van der Waals surface area contributed by atoms with Crippen LogP contribution in [0.2, 0.25) is 5.02 Å². The summed E-state index contributed by atoms with van der Waals surface area (Å²) in [5.41, 5.74) is 0.318. The number of carbonyl (C=O) groups is 1. The van der Waals surface area contributed by atoms with E-state index in [2.05, 4.69) is 26.2 Å². The van der Waals surface area contributed by atoms with Crippen LogP contribution in [-0.4, -0.2) is 27.9 Å². The van der Waals surface area contributed by atoms with Crippen molar-refractivity contribution in [1.29, 1.82) is 0 Å². The van der Waals surface area contributed by atoms with Crippen LogP contribution in [0.3, 0.4) is 0 Å². The summed E-state index contributed by atoms with van der Waals surface area (Å²) < 4.78 is 2.05. The predicted molar refractivity (Wildman–Crippen MR) is 94.0 cm³/mol. The topological polar surface area (TPSA) is 64.0 Å². The molecule has 23 heavy (non-hydrogen) atoms. The maximum atomic E-state index is 12.5. The van der Waals surface area contributed by atoms with Crippen LogP contribution in [0.1, 0.15) is 25.7 Å². The highest BCUT2D eigenvalue weighted by Gasteiger charge is 2.17. The molecule has 1 fully saturated rings. The van der Waals surface area contributed by atoms with Gasteiger partial charge in [0.15, 0.2) is 5.78 Å². The maximum Gasteiger partial charge on any atom is 0.261 e. The van der Waals surface area contributed by atoms with E-state index in [4.69, 9.17) is 11.6 Å². The van der Waals surface area contributed by atoms with Gasteiger partial charge in [-0.15, -0.1) is 0 Å². The molecule has 1 aromatic carbocycles. The van der Waals surface area contributed by atoms with E-state index in [1.165, 1.54) is 10.9 Å². The summed E-state index contributed by atoms with van der Waals surface area (Å²) in [4.78, 5) is 29.0. The molecule has 0 saturated carbocycles. The SMILES string of the molecule is O=C(C[C@H]1CCCCN1)Cn1cnc2cc(Br)c(Cl)cc2c1=O. The quantitative estimate of drug-likeness (QED) is 0.860. The van der Waals surface area contributed by atoms with Gasteiger partial charge in [0.25, 0.3) is 5.56 Å². The van der Waals surface area contributed by atoms with E-state index in [0.29, 0.717) is 26.8 Å². The van der Waals surface area contributed by atoms with Gasteiger partial charge in [-0.1, -0.05) is 18.0 Å². The Balaban J connectivity index is 1.80. The number of Topliss-reactive ketones (excluding diaryl/α,β-unsaturated/α-hetero) is 1. The second kappa shape index (κ2) is 7.11. The Morgan fingerprint density at radius 3 is 3.00 bits per heavy atom. The van der Waals surface area contributed by atoms with E-state index in [1.54, 1.807) is 12.1 Å². The third-order valence-corrected chi connectivity index (χ3v) is 5.30. The molecule has 1 atom stereocenters. The summed E-state index contributed by atoms with van der Waals surface area (Å²) in [6.45, 7) is 1.01. The van der Waals surface area contributed by atoms with Crippen LogP contribution in [0.15, 0.2) is 27.7 Å². The lowest BCUT2D eigenvalue weighted by atomic mass is 10.00. The van der Waals surface area contributed by atoms with E-state index < -0.39 is 0 Å². The smallest absolute Gasteiger partial charge is 0.261 e. The summed E-state index contributed by atoms with van der Waals surface area (Å²) in [5.74, 6) is 0.0378. The zero-order valence-corrected chi connectivity index (χ0v) is 14.9. The van der Waals surface area contributed by atoms with Gasteiger partial charge in [-0.25, -0.2) is 4.98 Å². The number of halogens is 2. The maximum absolute atomic E-state index is 12.5. The highest BCUT2D eigenvalue weighted by atomic mass is 79.9. The molecule has 1 saturated heterocycles. The van der Waals surface area contributed by atoms with Gasteiger partial charge >= 0.3 is 0 Å². The number of piperidine rings is 1. The summed E-state index contributed by atoms with van der Waals surface area (Å²) in [7, 11) is 0. The molecule has 0 bridgehead atoms. The first-order valence-electron chi connectivity index (χ1n) is 7.64. The Labute approximate surface area is 147 Å². The van der Waals surface area contributed by atoms with Gasteiger partial charge in [-0.3, -0.25) is 14.2 Å². The monoisotopic (exact) mass is 397 g/mol. The lowest BCUT2D eigenvalue weighted by molar-refractivity contribution is -0.120. The number of benzene rings is 1. The molecule has 7 heteroatoms. The fourth-order valence-corrected chi connectivity index (χ4v) is 3.39. The molecule has 1 N–H and O–H groups in total. The lowest BCUT2D eigenvalue weighted by Gasteiger charge is -2.22. The van der Waals surface area contributed by atoms with Gasteiger partial charge < -0.3 is 5.32 Å². The van der Waals surface area contributed by atoms with Crippen LogP contribution in [-0.2, 0) is 11.3 Å². The Hall–Kier alpha value is -1.24. The first-order valence-corrected chi connectivity index (χ1v) is 8.81. The van der Waals surface area contributed by atoms with Crippen molar-refractivity contribution in [3.8, 4) is 0 Å². The molecular formula is C16H17BrClN3O2. The zero-order chi connectivity index (χ0) is 16.4. The first-order chi connectivity index (χ1) is 11.0. The molecule has 2 heterocycles. The van der Waals surface area contributed by atoms with Gasteiger partial charge in [0.05, 0.1) is 28.8 Å². The molecule has 5 nitrogen and oxygen atoms in total. The van der Waals surface area contributed by atoms with E-state index >= 15 is 0 Å². The zero-order valence-electron chi connectivity index (χ0n) is 12.5. The second-order valence-corrected chi connectivity index (χ2v) is 7.11. The summed E-state index contributed by atoms with van der Waals surface area (Å²) in [6.07, 6.45) is 5.20. The van der Waals surface area contributed by atoms with Gasteiger partial charge in [0, 0.05) is 16.9 Å². The number of aromatic nitrogens is 2. The standard InChI is InChI=1S/C16H17BrClN3O2/c17-13-7-15-12(6-14(13)18)16(23)21(9-20-15)8-11(22)5-10-3-1-2-4-19-10/h6-7,9-10,19H,1-5,8H2/t10-/m1/s1. The van der Waals surface area contributed by atoms with Crippen molar-refractivity contribution >= 4 is 44.2 Å². The van der Waals surface area contributed by atoms with Crippen molar-refractivity contribution in [1.82, 2.24) is 14.9 Å².